The van der Waals surface area contributed by atoms with E-state index < -0.39 is 0 Å². The molecule has 0 amide bonds. The van der Waals surface area contributed by atoms with Crippen molar-refractivity contribution in [1.82, 2.24) is 4.90 Å². The van der Waals surface area contributed by atoms with Crippen LogP contribution in [-0.2, 0) is 0 Å². The van der Waals surface area contributed by atoms with Gasteiger partial charge in [-0.2, -0.15) is 0 Å². The van der Waals surface area contributed by atoms with Crippen molar-refractivity contribution in [3.63, 3.8) is 0 Å². The molecule has 2 N–H and O–H groups in total. The Bertz CT molecular complexity index is 223. The van der Waals surface area contributed by atoms with Gasteiger partial charge in [-0.3, -0.25) is 0 Å². The molecule has 19 heavy (non-hydrogen) atoms. The Balaban J connectivity index is 1.53. The number of nitrogens with zero attached hydrogens (tertiary/aromatic N) is 1. The molecule has 0 aromatic carbocycles. The summed E-state index contributed by atoms with van der Waals surface area (Å²) in [5.41, 5.74) is 6.29. The number of hydrogen-bond acceptors (Lipinski definition) is 2. The molecular formula is C17H34N2. The summed E-state index contributed by atoms with van der Waals surface area (Å²) in [7, 11) is 0. The van der Waals surface area contributed by atoms with Crippen LogP contribution in [0.2, 0.25) is 0 Å². The maximum Gasteiger partial charge on any atom is -0.00134 e. The van der Waals surface area contributed by atoms with Gasteiger partial charge in [0.05, 0.1) is 0 Å². The largest absolute Gasteiger partial charge is 0.330 e. The Hall–Kier alpha value is -0.0800. The molecule has 0 atom stereocenters. The van der Waals surface area contributed by atoms with Crippen molar-refractivity contribution in [3.8, 4) is 0 Å². The summed E-state index contributed by atoms with van der Waals surface area (Å²) in [4.78, 5) is 2.72. The molecule has 1 spiro atoms. The van der Waals surface area contributed by atoms with E-state index >= 15 is 0 Å². The van der Waals surface area contributed by atoms with Crippen LogP contribution in [0.4, 0.5) is 0 Å². The van der Waals surface area contributed by atoms with Gasteiger partial charge in [-0.25, -0.2) is 0 Å². The van der Waals surface area contributed by atoms with Crippen molar-refractivity contribution in [2.45, 2.75) is 77.0 Å². The lowest BCUT2D eigenvalue weighted by molar-refractivity contribution is 0.0670. The maximum atomic E-state index is 5.52. The van der Waals surface area contributed by atoms with Crippen LogP contribution in [-0.4, -0.2) is 31.1 Å². The molecule has 0 radical (unpaired) electrons. The topological polar surface area (TPSA) is 29.3 Å². The first-order valence-corrected chi connectivity index (χ1v) is 8.77. The number of unbranched alkanes of at least 4 members (excludes halogenated alkanes) is 4. The number of likely N-dealkylation sites (tertiary alicyclic amines) is 1. The fourth-order valence-electron chi connectivity index (χ4n) is 4.06. The highest BCUT2D eigenvalue weighted by Gasteiger charge is 2.35. The van der Waals surface area contributed by atoms with Crippen molar-refractivity contribution in [2.75, 3.05) is 26.2 Å². The normalized spacial score (nSPS) is 23.8. The van der Waals surface area contributed by atoms with Crippen molar-refractivity contribution < 1.29 is 0 Å². The third-order valence-corrected chi connectivity index (χ3v) is 5.51. The Morgan fingerprint density at radius 3 is 2.05 bits per heavy atom. The predicted octanol–water partition coefficient (Wildman–Crippen LogP) is 3.94. The highest BCUT2D eigenvalue weighted by atomic mass is 15.1. The molecule has 0 aromatic heterocycles. The molecule has 1 aliphatic carbocycles. The fourth-order valence-corrected chi connectivity index (χ4v) is 4.06. The van der Waals surface area contributed by atoms with Gasteiger partial charge in [0.2, 0.25) is 0 Å². The van der Waals surface area contributed by atoms with Gasteiger partial charge < -0.3 is 10.6 Å². The zero-order valence-corrected chi connectivity index (χ0v) is 12.8. The average Bonchev–Trinajstić information content (AvgIpc) is 2.46. The first-order chi connectivity index (χ1) is 9.35. The van der Waals surface area contributed by atoms with Gasteiger partial charge in [0.1, 0.15) is 0 Å². The molecule has 2 heteroatoms. The molecule has 1 saturated carbocycles. The summed E-state index contributed by atoms with van der Waals surface area (Å²) in [5.74, 6) is 0. The first kappa shape index (κ1) is 15.3. The minimum Gasteiger partial charge on any atom is -0.330 e. The Morgan fingerprint density at radius 1 is 0.737 bits per heavy atom. The summed E-state index contributed by atoms with van der Waals surface area (Å²) in [6.45, 7) is 4.97. The maximum absolute atomic E-state index is 5.52. The highest BCUT2D eigenvalue weighted by molar-refractivity contribution is 4.88. The number of hydrogen-bond donors (Lipinski definition) is 1. The summed E-state index contributed by atoms with van der Waals surface area (Å²) in [5, 5.41) is 0. The van der Waals surface area contributed by atoms with E-state index in [9.17, 15) is 0 Å². The summed E-state index contributed by atoms with van der Waals surface area (Å²) in [6, 6.07) is 0. The van der Waals surface area contributed by atoms with Crippen LogP contribution < -0.4 is 5.73 Å². The van der Waals surface area contributed by atoms with Gasteiger partial charge in [0.15, 0.2) is 0 Å². The molecule has 0 aromatic rings. The first-order valence-electron chi connectivity index (χ1n) is 8.77. The minimum absolute atomic E-state index is 0.774. The molecule has 2 nitrogen and oxygen atoms in total. The second-order valence-corrected chi connectivity index (χ2v) is 6.96. The summed E-state index contributed by atoms with van der Waals surface area (Å²) >= 11 is 0. The summed E-state index contributed by atoms with van der Waals surface area (Å²) < 4.78 is 0. The van der Waals surface area contributed by atoms with Gasteiger partial charge in [-0.15, -0.1) is 0 Å². The number of rotatable bonds is 7. The van der Waals surface area contributed by atoms with E-state index in [0.29, 0.717) is 0 Å². The van der Waals surface area contributed by atoms with E-state index in [2.05, 4.69) is 4.90 Å². The zero-order chi connectivity index (χ0) is 13.4. The van der Waals surface area contributed by atoms with E-state index in [4.69, 9.17) is 5.73 Å². The molecule has 112 valence electrons. The molecule has 0 unspecified atom stereocenters. The molecule has 1 heterocycles. The standard InChI is InChI=1S/C17H34N2/c18-13-7-2-1-3-8-14-19-15-11-17(12-16-19)9-5-4-6-10-17/h1-16,18H2. The molecule has 1 saturated heterocycles. The van der Waals surface area contributed by atoms with Crippen LogP contribution in [0.5, 0.6) is 0 Å². The van der Waals surface area contributed by atoms with Gasteiger partial charge in [0.25, 0.3) is 0 Å². The van der Waals surface area contributed by atoms with E-state index in [1.807, 2.05) is 0 Å². The molecule has 1 aliphatic heterocycles. The molecule has 0 bridgehead atoms. The van der Waals surface area contributed by atoms with Gasteiger partial charge in [-0.05, 0) is 70.1 Å². The monoisotopic (exact) mass is 266 g/mol. The average molecular weight is 266 g/mol. The molecule has 2 fully saturated rings. The third kappa shape index (κ3) is 5.07. The number of nitrogens with two attached hydrogens (primary N) is 1. The van der Waals surface area contributed by atoms with Crippen molar-refractivity contribution in [1.29, 1.82) is 0 Å². The summed E-state index contributed by atoms with van der Waals surface area (Å²) in [6.07, 6.45) is 17.3. The lowest BCUT2D eigenvalue weighted by Gasteiger charge is -2.44. The van der Waals surface area contributed by atoms with Crippen LogP contribution in [0.25, 0.3) is 0 Å². The zero-order valence-electron chi connectivity index (χ0n) is 12.8. The molecule has 2 aliphatic rings. The quantitative estimate of drug-likeness (QED) is 0.707. The van der Waals surface area contributed by atoms with E-state index in [1.165, 1.54) is 96.7 Å². The highest BCUT2D eigenvalue weighted by Crippen LogP contribution is 2.44. The Labute approximate surface area is 120 Å². The van der Waals surface area contributed by atoms with Crippen LogP contribution in [0.1, 0.15) is 77.0 Å². The van der Waals surface area contributed by atoms with E-state index in [-0.39, 0.29) is 0 Å². The van der Waals surface area contributed by atoms with Gasteiger partial charge >= 0.3 is 0 Å². The second-order valence-electron chi connectivity index (χ2n) is 6.96. The fraction of sp³-hybridized carbons (Fsp3) is 1.00. The lowest BCUT2D eigenvalue weighted by Crippen LogP contribution is -2.41. The Kier molecular flexibility index (Phi) is 6.66. The molecule has 2 rings (SSSR count). The second kappa shape index (κ2) is 8.26. The van der Waals surface area contributed by atoms with Crippen molar-refractivity contribution >= 4 is 0 Å². The van der Waals surface area contributed by atoms with E-state index in [1.54, 1.807) is 0 Å². The van der Waals surface area contributed by atoms with Gasteiger partial charge in [0, 0.05) is 0 Å². The SMILES string of the molecule is NCCCCCCCN1CCC2(CCCCC2)CC1. The smallest absolute Gasteiger partial charge is 0.00134 e. The van der Waals surface area contributed by atoms with E-state index in [0.717, 1.165) is 12.0 Å². The van der Waals surface area contributed by atoms with Crippen LogP contribution in [0.3, 0.4) is 0 Å². The van der Waals surface area contributed by atoms with Crippen LogP contribution in [0, 0.1) is 5.41 Å². The van der Waals surface area contributed by atoms with Crippen molar-refractivity contribution in [2.24, 2.45) is 11.1 Å². The third-order valence-electron chi connectivity index (χ3n) is 5.51. The van der Waals surface area contributed by atoms with Crippen molar-refractivity contribution in [3.05, 3.63) is 0 Å². The Morgan fingerprint density at radius 2 is 1.37 bits per heavy atom. The minimum atomic E-state index is 0.774. The van der Waals surface area contributed by atoms with Crippen LogP contribution >= 0.6 is 0 Å². The van der Waals surface area contributed by atoms with Crippen LogP contribution in [0.15, 0.2) is 0 Å². The number of piperidine rings is 1. The molecular weight excluding hydrogens is 232 g/mol. The lowest BCUT2D eigenvalue weighted by atomic mass is 9.68. The van der Waals surface area contributed by atoms with Gasteiger partial charge in [-0.1, -0.05) is 38.5 Å². The predicted molar refractivity (Wildman–Crippen MR) is 83.3 cm³/mol.